The highest BCUT2D eigenvalue weighted by Gasteiger charge is 2.36. The second-order valence-corrected chi connectivity index (χ2v) is 6.21. The van der Waals surface area contributed by atoms with Gasteiger partial charge in [0.2, 0.25) is 5.91 Å². The normalized spacial score (nSPS) is 19.0. The first-order chi connectivity index (χ1) is 12.2. The molecule has 25 heavy (non-hydrogen) atoms. The summed E-state index contributed by atoms with van der Waals surface area (Å²) in [4.78, 5) is 11.8. The average Bonchev–Trinajstić information content (AvgIpc) is 3.18. The molecule has 0 spiro atoms. The van der Waals surface area contributed by atoms with E-state index in [-0.39, 0.29) is 5.91 Å². The molecule has 5 nitrogen and oxygen atoms in total. The van der Waals surface area contributed by atoms with Crippen LogP contribution in [0.5, 0.6) is 11.5 Å². The molecule has 1 N–H and O–H groups in total. The first-order valence-electron chi connectivity index (χ1n) is 8.48. The fourth-order valence-corrected chi connectivity index (χ4v) is 2.61. The van der Waals surface area contributed by atoms with E-state index in [1.807, 2.05) is 36.4 Å². The predicted octanol–water partition coefficient (Wildman–Crippen LogP) is 3.62. The van der Waals surface area contributed by atoms with Gasteiger partial charge in [-0.3, -0.25) is 4.79 Å². The van der Waals surface area contributed by atoms with Gasteiger partial charge in [0.25, 0.3) is 0 Å². The minimum atomic E-state index is -0.170. The van der Waals surface area contributed by atoms with Crippen LogP contribution in [0.1, 0.15) is 30.8 Å². The molecular weight excluding hydrogens is 318 g/mol. The molecule has 0 aliphatic heterocycles. The first kappa shape index (κ1) is 17.1. The number of nitrogens with one attached hydrogen (secondary N) is 1. The Kier molecular flexibility index (Phi) is 5.43. The lowest BCUT2D eigenvalue weighted by atomic mass is 10.3. The molecule has 5 heteroatoms. The molecule has 1 aliphatic carbocycles. The van der Waals surface area contributed by atoms with Crippen molar-refractivity contribution in [2.24, 2.45) is 5.92 Å². The summed E-state index contributed by atoms with van der Waals surface area (Å²) in [7, 11) is 1.62. The predicted molar refractivity (Wildman–Crippen MR) is 95.8 cm³/mol. The molecular formula is C20H23NO4. The summed E-state index contributed by atoms with van der Waals surface area (Å²) in [5, 5.41) is 2.78. The molecule has 1 aliphatic rings. The van der Waals surface area contributed by atoms with Crippen molar-refractivity contribution >= 4 is 12.0 Å². The quantitative estimate of drug-likeness (QED) is 0.588. The third kappa shape index (κ3) is 4.89. The summed E-state index contributed by atoms with van der Waals surface area (Å²) >= 11 is 0. The van der Waals surface area contributed by atoms with Crippen LogP contribution in [0.15, 0.2) is 46.9 Å². The van der Waals surface area contributed by atoms with Crippen molar-refractivity contribution in [3.63, 3.8) is 0 Å². The Bertz CT molecular complexity index is 732. The SMILES string of the molecule is COc1ccc(OCCNC(=O)/C=C/c2ccc([C@H]3C[C@@H]3C)o2)cc1. The summed E-state index contributed by atoms with van der Waals surface area (Å²) in [6.45, 7) is 3.04. The Hall–Kier alpha value is -2.69. The third-order valence-electron chi connectivity index (χ3n) is 4.25. The molecule has 0 saturated heterocycles. The number of hydrogen-bond donors (Lipinski definition) is 1. The Balaban J connectivity index is 1.36. The van der Waals surface area contributed by atoms with Gasteiger partial charge in [0.1, 0.15) is 29.6 Å². The maximum absolute atomic E-state index is 11.8. The van der Waals surface area contributed by atoms with Crippen LogP contribution in [0.3, 0.4) is 0 Å². The van der Waals surface area contributed by atoms with E-state index in [1.54, 1.807) is 13.2 Å². The Labute approximate surface area is 147 Å². The molecule has 0 radical (unpaired) electrons. The van der Waals surface area contributed by atoms with E-state index in [2.05, 4.69) is 12.2 Å². The summed E-state index contributed by atoms with van der Waals surface area (Å²) in [5.74, 6) is 4.32. The Morgan fingerprint density at radius 2 is 1.96 bits per heavy atom. The average molecular weight is 341 g/mol. The largest absolute Gasteiger partial charge is 0.497 e. The van der Waals surface area contributed by atoms with Crippen LogP contribution in [0.2, 0.25) is 0 Å². The zero-order chi connectivity index (χ0) is 17.6. The van der Waals surface area contributed by atoms with Gasteiger partial charge in [0.05, 0.1) is 13.7 Å². The smallest absolute Gasteiger partial charge is 0.244 e. The van der Waals surface area contributed by atoms with Crippen molar-refractivity contribution in [3.8, 4) is 11.5 Å². The molecule has 1 amide bonds. The Morgan fingerprint density at radius 3 is 2.64 bits per heavy atom. The van der Waals surface area contributed by atoms with E-state index in [9.17, 15) is 4.79 Å². The lowest BCUT2D eigenvalue weighted by molar-refractivity contribution is -0.116. The van der Waals surface area contributed by atoms with Gasteiger partial charge in [-0.25, -0.2) is 0 Å². The lowest BCUT2D eigenvalue weighted by Gasteiger charge is -2.07. The molecule has 0 bridgehead atoms. The zero-order valence-corrected chi connectivity index (χ0v) is 14.5. The molecule has 0 unspecified atom stereocenters. The summed E-state index contributed by atoms with van der Waals surface area (Å²) in [5.41, 5.74) is 0. The maximum atomic E-state index is 11.8. The van der Waals surface area contributed by atoms with Crippen molar-refractivity contribution in [1.82, 2.24) is 5.32 Å². The number of furan rings is 1. The van der Waals surface area contributed by atoms with Gasteiger partial charge in [-0.2, -0.15) is 0 Å². The molecule has 1 fully saturated rings. The fourth-order valence-electron chi connectivity index (χ4n) is 2.61. The molecule has 2 atom stereocenters. The first-order valence-corrected chi connectivity index (χ1v) is 8.48. The minimum Gasteiger partial charge on any atom is -0.497 e. The van der Waals surface area contributed by atoms with Gasteiger partial charge in [-0.05, 0) is 54.8 Å². The Morgan fingerprint density at radius 1 is 1.24 bits per heavy atom. The van der Waals surface area contributed by atoms with E-state index in [0.717, 1.165) is 17.3 Å². The number of amides is 1. The van der Waals surface area contributed by atoms with Crippen LogP contribution in [-0.4, -0.2) is 26.2 Å². The third-order valence-corrected chi connectivity index (χ3v) is 4.25. The molecule has 1 saturated carbocycles. The number of rotatable bonds is 8. The summed E-state index contributed by atoms with van der Waals surface area (Å²) < 4.78 is 16.4. The van der Waals surface area contributed by atoms with E-state index in [0.29, 0.717) is 30.7 Å². The molecule has 2 aromatic rings. The number of ether oxygens (including phenoxy) is 2. The van der Waals surface area contributed by atoms with E-state index in [4.69, 9.17) is 13.9 Å². The van der Waals surface area contributed by atoms with Crippen LogP contribution in [0.4, 0.5) is 0 Å². The van der Waals surface area contributed by atoms with Gasteiger partial charge in [0, 0.05) is 12.0 Å². The van der Waals surface area contributed by atoms with Crippen LogP contribution in [0, 0.1) is 5.92 Å². The van der Waals surface area contributed by atoms with Gasteiger partial charge in [-0.1, -0.05) is 6.92 Å². The number of carbonyl (C=O) groups excluding carboxylic acids is 1. The van der Waals surface area contributed by atoms with E-state index >= 15 is 0 Å². The van der Waals surface area contributed by atoms with Crippen molar-refractivity contribution in [1.29, 1.82) is 0 Å². The topological polar surface area (TPSA) is 60.7 Å². The van der Waals surface area contributed by atoms with E-state index in [1.165, 1.54) is 12.5 Å². The second kappa shape index (κ2) is 7.92. The van der Waals surface area contributed by atoms with E-state index < -0.39 is 0 Å². The minimum absolute atomic E-state index is 0.170. The lowest BCUT2D eigenvalue weighted by Crippen LogP contribution is -2.26. The number of carbonyl (C=O) groups is 1. The van der Waals surface area contributed by atoms with Crippen molar-refractivity contribution in [2.75, 3.05) is 20.3 Å². The molecule has 132 valence electrons. The molecule has 1 heterocycles. The highest BCUT2D eigenvalue weighted by atomic mass is 16.5. The van der Waals surface area contributed by atoms with Crippen LogP contribution >= 0.6 is 0 Å². The summed E-state index contributed by atoms with van der Waals surface area (Å²) in [6.07, 6.45) is 4.36. The molecule has 1 aromatic heterocycles. The van der Waals surface area contributed by atoms with Crippen molar-refractivity contribution < 1.29 is 18.7 Å². The molecule has 3 rings (SSSR count). The van der Waals surface area contributed by atoms with Gasteiger partial charge in [-0.15, -0.1) is 0 Å². The van der Waals surface area contributed by atoms with Crippen LogP contribution < -0.4 is 14.8 Å². The van der Waals surface area contributed by atoms with Crippen molar-refractivity contribution in [2.45, 2.75) is 19.3 Å². The monoisotopic (exact) mass is 341 g/mol. The van der Waals surface area contributed by atoms with Gasteiger partial charge >= 0.3 is 0 Å². The zero-order valence-electron chi connectivity index (χ0n) is 14.5. The van der Waals surface area contributed by atoms with Gasteiger partial charge in [0.15, 0.2) is 0 Å². The highest BCUT2D eigenvalue weighted by molar-refractivity contribution is 5.91. The van der Waals surface area contributed by atoms with Gasteiger partial charge < -0.3 is 19.2 Å². The highest BCUT2D eigenvalue weighted by Crippen LogP contribution is 2.47. The fraction of sp³-hybridized carbons (Fsp3) is 0.350. The number of hydrogen-bond acceptors (Lipinski definition) is 4. The van der Waals surface area contributed by atoms with Crippen molar-refractivity contribution in [3.05, 3.63) is 54.0 Å². The number of benzene rings is 1. The van der Waals surface area contributed by atoms with Crippen LogP contribution in [-0.2, 0) is 4.79 Å². The standard InChI is InChI=1S/C20H23NO4/c1-14-13-18(14)19-9-7-17(25-19)8-10-20(22)21-11-12-24-16-5-3-15(23-2)4-6-16/h3-10,14,18H,11-13H2,1-2H3,(H,21,22)/b10-8+/t14-,18-/m0/s1. The molecule has 1 aromatic carbocycles. The van der Waals surface area contributed by atoms with Crippen LogP contribution in [0.25, 0.3) is 6.08 Å². The maximum Gasteiger partial charge on any atom is 0.244 e. The summed E-state index contributed by atoms with van der Waals surface area (Å²) in [6, 6.07) is 11.2. The number of methoxy groups -OCH3 is 1. The second-order valence-electron chi connectivity index (χ2n) is 6.21.